The molecule has 1 aliphatic heterocycles. The predicted molar refractivity (Wildman–Crippen MR) is 123 cm³/mol. The Hall–Kier alpha value is -0.900. The van der Waals surface area contributed by atoms with Gasteiger partial charge in [-0.05, 0) is 38.3 Å². The Morgan fingerprint density at radius 2 is 2.11 bits per heavy atom. The number of guanidine groups is 1. The van der Waals surface area contributed by atoms with Crippen molar-refractivity contribution < 1.29 is 8.42 Å². The van der Waals surface area contributed by atoms with Crippen LogP contribution in [0, 0.1) is 5.92 Å². The Balaban J connectivity index is 0.00000364. The van der Waals surface area contributed by atoms with Crippen LogP contribution in [0.25, 0.3) is 0 Å². The molecule has 0 saturated carbocycles. The van der Waals surface area contributed by atoms with Crippen molar-refractivity contribution in [3.63, 3.8) is 0 Å². The van der Waals surface area contributed by atoms with Gasteiger partial charge in [0, 0.05) is 44.5 Å². The molecular weight excluding hydrogens is 475 g/mol. The van der Waals surface area contributed by atoms with Crippen LogP contribution in [-0.4, -0.2) is 60.9 Å². The monoisotopic (exact) mass is 508 g/mol. The van der Waals surface area contributed by atoms with Gasteiger partial charge in [0.25, 0.3) is 0 Å². The van der Waals surface area contributed by atoms with E-state index in [1.807, 2.05) is 19.2 Å². The van der Waals surface area contributed by atoms with Crippen LogP contribution < -0.4 is 5.32 Å². The first-order valence-electron chi connectivity index (χ1n) is 9.33. The van der Waals surface area contributed by atoms with E-state index in [1.54, 1.807) is 20.0 Å². The fraction of sp³-hybridized carbons (Fsp3) is 0.684. The van der Waals surface area contributed by atoms with Gasteiger partial charge < -0.3 is 10.2 Å². The number of aromatic nitrogens is 1. The molecule has 6 nitrogen and oxygen atoms in total. The summed E-state index contributed by atoms with van der Waals surface area (Å²) in [6.07, 6.45) is 3.69. The summed E-state index contributed by atoms with van der Waals surface area (Å²) in [6, 6.07) is 4.05. The Morgan fingerprint density at radius 3 is 2.63 bits per heavy atom. The van der Waals surface area contributed by atoms with Crippen molar-refractivity contribution >= 4 is 39.8 Å². The molecule has 0 radical (unpaired) electrons. The van der Waals surface area contributed by atoms with Crippen LogP contribution in [0.5, 0.6) is 0 Å². The smallest absolute Gasteiger partial charge is 0.194 e. The molecule has 1 aromatic heterocycles. The number of hydrogen-bond donors (Lipinski definition) is 1. The van der Waals surface area contributed by atoms with Crippen molar-refractivity contribution in [2.24, 2.45) is 10.9 Å². The van der Waals surface area contributed by atoms with Crippen molar-refractivity contribution in [1.82, 2.24) is 15.2 Å². The Morgan fingerprint density at radius 1 is 1.41 bits per heavy atom. The highest BCUT2D eigenvalue weighted by Crippen LogP contribution is 2.26. The van der Waals surface area contributed by atoms with E-state index in [0.717, 1.165) is 12.5 Å². The Kier molecular flexibility index (Phi) is 8.98. The molecule has 1 saturated heterocycles. The third kappa shape index (κ3) is 6.04. The quantitative estimate of drug-likeness (QED) is 0.376. The third-order valence-electron chi connectivity index (χ3n) is 5.03. The number of nitrogens with one attached hydrogen (secondary N) is 1. The maximum absolute atomic E-state index is 12.3. The first-order valence-corrected chi connectivity index (χ1v) is 11.0. The summed E-state index contributed by atoms with van der Waals surface area (Å²) in [5.74, 6) is 1.67. The fourth-order valence-corrected chi connectivity index (χ4v) is 4.60. The van der Waals surface area contributed by atoms with Gasteiger partial charge in [-0.2, -0.15) is 0 Å². The molecule has 0 amide bonds. The second kappa shape index (κ2) is 10.0. The molecule has 1 aliphatic rings. The lowest BCUT2D eigenvalue weighted by Gasteiger charge is -2.39. The summed E-state index contributed by atoms with van der Waals surface area (Å²) < 4.78 is 23.8. The van der Waals surface area contributed by atoms with Crippen molar-refractivity contribution in [2.45, 2.75) is 45.3 Å². The molecule has 1 aromatic rings. The molecule has 0 bridgehead atoms. The lowest BCUT2D eigenvalue weighted by Crippen LogP contribution is -2.57. The van der Waals surface area contributed by atoms with Crippen molar-refractivity contribution in [3.8, 4) is 0 Å². The van der Waals surface area contributed by atoms with Gasteiger partial charge in [0.2, 0.25) is 0 Å². The predicted octanol–water partition coefficient (Wildman–Crippen LogP) is 2.91. The zero-order valence-corrected chi connectivity index (χ0v) is 20.1. The average Bonchev–Trinajstić information content (AvgIpc) is 2.57. The summed E-state index contributed by atoms with van der Waals surface area (Å²) in [4.78, 5) is 11.2. The van der Waals surface area contributed by atoms with Crippen LogP contribution in [0.4, 0.5) is 0 Å². The third-order valence-corrected chi connectivity index (χ3v) is 7.57. The molecule has 2 rings (SSSR count). The zero-order valence-electron chi connectivity index (χ0n) is 17.0. The van der Waals surface area contributed by atoms with Crippen LogP contribution in [0.2, 0.25) is 0 Å². The van der Waals surface area contributed by atoms with Crippen LogP contribution in [-0.2, 0) is 9.84 Å². The number of nitrogens with zero attached hydrogens (tertiary/aromatic N) is 3. The minimum atomic E-state index is -3.06. The molecule has 1 fully saturated rings. The molecule has 0 spiro atoms. The molecular formula is C19H33IN4O2S. The molecule has 1 atom stereocenters. The van der Waals surface area contributed by atoms with Crippen LogP contribution in [0.3, 0.4) is 0 Å². The fourth-order valence-electron chi connectivity index (χ4n) is 3.23. The molecule has 1 unspecified atom stereocenters. The first kappa shape index (κ1) is 24.1. The molecule has 2 heterocycles. The van der Waals surface area contributed by atoms with E-state index in [9.17, 15) is 8.42 Å². The molecule has 1 N–H and O–H groups in total. The maximum atomic E-state index is 12.3. The van der Waals surface area contributed by atoms with Crippen LogP contribution >= 0.6 is 24.0 Å². The van der Waals surface area contributed by atoms with Gasteiger partial charge in [-0.1, -0.05) is 19.9 Å². The van der Waals surface area contributed by atoms with Crippen molar-refractivity contribution in [3.05, 3.63) is 30.1 Å². The van der Waals surface area contributed by atoms with Gasteiger partial charge in [-0.25, -0.2) is 8.42 Å². The lowest BCUT2D eigenvalue weighted by atomic mass is 9.89. The molecule has 27 heavy (non-hydrogen) atoms. The minimum Gasteiger partial charge on any atom is -0.357 e. The van der Waals surface area contributed by atoms with Crippen molar-refractivity contribution in [2.75, 3.05) is 31.9 Å². The van der Waals surface area contributed by atoms with Gasteiger partial charge in [0.1, 0.15) is 0 Å². The molecule has 0 aromatic carbocycles. The Bertz CT molecular complexity index is 720. The Labute approximate surface area is 181 Å². The molecule has 8 heteroatoms. The van der Waals surface area contributed by atoms with E-state index in [4.69, 9.17) is 4.99 Å². The number of aliphatic imine (C=N–C) groups is 1. The summed E-state index contributed by atoms with van der Waals surface area (Å²) in [5, 5.41) is 3.33. The number of rotatable bonds is 5. The summed E-state index contributed by atoms with van der Waals surface area (Å²) >= 11 is 0. The number of halogens is 1. The van der Waals surface area contributed by atoms with E-state index < -0.39 is 14.6 Å². The van der Waals surface area contributed by atoms with Crippen molar-refractivity contribution in [1.29, 1.82) is 0 Å². The van der Waals surface area contributed by atoms with E-state index in [-0.39, 0.29) is 35.6 Å². The van der Waals surface area contributed by atoms with E-state index >= 15 is 0 Å². The van der Waals surface area contributed by atoms with Gasteiger partial charge in [-0.3, -0.25) is 9.98 Å². The summed E-state index contributed by atoms with van der Waals surface area (Å²) in [6.45, 7) is 12.3. The van der Waals surface area contributed by atoms with Gasteiger partial charge in [0.05, 0.1) is 10.5 Å². The first-order chi connectivity index (χ1) is 12.2. The highest BCUT2D eigenvalue weighted by Gasteiger charge is 2.41. The van der Waals surface area contributed by atoms with Gasteiger partial charge in [-0.15, -0.1) is 24.0 Å². The SMILES string of the molecule is CCNC(=NCC(c1cccnc1)C(C)C)N1CCS(=O)(=O)C(C)(C)C1.I. The second-order valence-corrected chi connectivity index (χ2v) is 10.6. The van der Waals surface area contributed by atoms with E-state index in [0.29, 0.717) is 25.6 Å². The zero-order chi connectivity index (χ0) is 19.4. The topological polar surface area (TPSA) is 74.7 Å². The largest absolute Gasteiger partial charge is 0.357 e. The second-order valence-electron chi connectivity index (χ2n) is 7.83. The minimum absolute atomic E-state index is 0. The van der Waals surface area contributed by atoms with E-state index in [2.05, 4.69) is 35.1 Å². The highest BCUT2D eigenvalue weighted by atomic mass is 127. The molecule has 154 valence electrons. The summed E-state index contributed by atoms with van der Waals surface area (Å²) in [5.41, 5.74) is 1.18. The van der Waals surface area contributed by atoms with Gasteiger partial charge in [0.15, 0.2) is 15.8 Å². The highest BCUT2D eigenvalue weighted by molar-refractivity contribution is 14.0. The summed E-state index contributed by atoms with van der Waals surface area (Å²) in [7, 11) is -3.06. The normalized spacial score (nSPS) is 20.1. The standard InChI is InChI=1S/C19H32N4O2S.HI/c1-6-21-18(23-10-11-26(24,25)19(4,5)14-23)22-13-17(15(2)3)16-8-7-9-20-12-16;/h7-9,12,15,17H,6,10-11,13-14H2,1-5H3,(H,21,22);1H. The van der Waals surface area contributed by atoms with E-state index in [1.165, 1.54) is 5.56 Å². The number of sulfone groups is 1. The van der Waals surface area contributed by atoms with Crippen LogP contribution in [0.1, 0.15) is 46.1 Å². The molecule has 0 aliphatic carbocycles. The van der Waals surface area contributed by atoms with Gasteiger partial charge >= 0.3 is 0 Å². The maximum Gasteiger partial charge on any atom is 0.194 e. The number of pyridine rings is 1. The van der Waals surface area contributed by atoms with Crippen LogP contribution in [0.15, 0.2) is 29.5 Å². The lowest BCUT2D eigenvalue weighted by molar-refractivity contribution is 0.352. The average molecular weight is 508 g/mol. The number of hydrogen-bond acceptors (Lipinski definition) is 4.